The van der Waals surface area contributed by atoms with Gasteiger partial charge in [0, 0.05) is 27.8 Å². The first-order valence-corrected chi connectivity index (χ1v) is 15.0. The topological polar surface area (TPSA) is 51.6 Å². The molecule has 8 aromatic rings. The molecule has 0 N–H and O–H groups in total. The van der Waals surface area contributed by atoms with Crippen LogP contribution in [0, 0.1) is 0 Å². The number of thiazole rings is 1. The Morgan fingerprint density at radius 3 is 1.58 bits per heavy atom. The molecule has 0 saturated heterocycles. The molecule has 0 bridgehead atoms. The third-order valence-corrected chi connectivity index (χ3v) is 8.70. The number of fused-ring (bicyclic) bond motifs is 2. The van der Waals surface area contributed by atoms with Crippen molar-refractivity contribution in [3.05, 3.63) is 146 Å². The second-order valence-electron chi connectivity index (χ2n) is 10.3. The maximum Gasteiger partial charge on any atom is 0.164 e. The van der Waals surface area contributed by atoms with Crippen LogP contribution in [0.5, 0.6) is 0 Å². The van der Waals surface area contributed by atoms with Gasteiger partial charge in [-0.2, -0.15) is 0 Å². The highest BCUT2D eigenvalue weighted by molar-refractivity contribution is 7.22. The van der Waals surface area contributed by atoms with Crippen molar-refractivity contribution in [2.75, 3.05) is 0 Å². The number of hydrogen-bond acceptors (Lipinski definition) is 5. The standard InChI is InChI=1S/C38H24N4S/c1-4-14-26(15-5-1)35-40-36(27-16-6-2-7-17-27)42-37(41-35)29-23-32(31-22-12-20-25-13-10-11-21-30(25)31)34-33(24-29)39-38(43-34)28-18-8-3-9-19-28/h1-24H. The molecule has 0 unspecified atom stereocenters. The number of benzene rings is 6. The van der Waals surface area contributed by atoms with Crippen molar-refractivity contribution >= 4 is 32.3 Å². The zero-order valence-electron chi connectivity index (χ0n) is 23.1. The SMILES string of the molecule is c1ccc(-c2nc(-c3ccccc3)nc(-c3cc(-c4cccc5ccccc45)c4sc(-c5ccccc5)nc4c3)n2)cc1. The van der Waals surface area contributed by atoms with E-state index in [2.05, 4.69) is 78.9 Å². The first kappa shape index (κ1) is 25.2. The molecular weight excluding hydrogens is 545 g/mol. The van der Waals surface area contributed by atoms with Crippen LogP contribution in [-0.2, 0) is 0 Å². The van der Waals surface area contributed by atoms with Gasteiger partial charge in [0.25, 0.3) is 0 Å². The van der Waals surface area contributed by atoms with Gasteiger partial charge in [0.1, 0.15) is 5.01 Å². The summed E-state index contributed by atoms with van der Waals surface area (Å²) in [6, 6.07) is 49.9. The average Bonchev–Trinajstić information content (AvgIpc) is 3.53. The highest BCUT2D eigenvalue weighted by Crippen LogP contribution is 2.42. The van der Waals surface area contributed by atoms with Gasteiger partial charge in [0.15, 0.2) is 17.5 Å². The normalized spacial score (nSPS) is 11.3. The Bertz CT molecular complexity index is 2160. The van der Waals surface area contributed by atoms with Crippen LogP contribution >= 0.6 is 11.3 Å². The van der Waals surface area contributed by atoms with Crippen molar-refractivity contribution in [2.45, 2.75) is 0 Å². The van der Waals surface area contributed by atoms with E-state index in [1.165, 1.54) is 10.8 Å². The Labute approximate surface area is 253 Å². The highest BCUT2D eigenvalue weighted by atomic mass is 32.1. The van der Waals surface area contributed by atoms with Gasteiger partial charge < -0.3 is 0 Å². The van der Waals surface area contributed by atoms with Crippen LogP contribution in [0.2, 0.25) is 0 Å². The Morgan fingerprint density at radius 1 is 0.395 bits per heavy atom. The van der Waals surface area contributed by atoms with Crippen LogP contribution in [0.25, 0.3) is 76.9 Å². The average molecular weight is 569 g/mol. The third-order valence-electron chi connectivity index (χ3n) is 7.55. The molecule has 8 rings (SSSR count). The maximum atomic E-state index is 5.14. The Hall–Kier alpha value is -5.52. The predicted molar refractivity (Wildman–Crippen MR) is 178 cm³/mol. The molecule has 43 heavy (non-hydrogen) atoms. The molecule has 6 aromatic carbocycles. The van der Waals surface area contributed by atoms with Crippen LogP contribution in [0.15, 0.2) is 146 Å². The van der Waals surface area contributed by atoms with E-state index in [0.29, 0.717) is 17.5 Å². The minimum atomic E-state index is 0.616. The monoisotopic (exact) mass is 568 g/mol. The molecule has 202 valence electrons. The molecule has 0 aliphatic rings. The molecule has 0 aliphatic heterocycles. The number of nitrogens with zero attached hydrogens (tertiary/aromatic N) is 4. The van der Waals surface area contributed by atoms with Crippen LogP contribution in [0.3, 0.4) is 0 Å². The van der Waals surface area contributed by atoms with E-state index in [9.17, 15) is 0 Å². The van der Waals surface area contributed by atoms with Gasteiger partial charge in [-0.3, -0.25) is 0 Å². The van der Waals surface area contributed by atoms with Crippen LogP contribution < -0.4 is 0 Å². The lowest BCUT2D eigenvalue weighted by Gasteiger charge is -2.12. The van der Waals surface area contributed by atoms with Crippen molar-refractivity contribution in [2.24, 2.45) is 0 Å². The fourth-order valence-corrected chi connectivity index (χ4v) is 6.54. The molecule has 2 aromatic heterocycles. The molecule has 0 atom stereocenters. The zero-order chi connectivity index (χ0) is 28.6. The van der Waals surface area contributed by atoms with E-state index in [1.807, 2.05) is 66.7 Å². The maximum absolute atomic E-state index is 5.14. The molecule has 4 nitrogen and oxygen atoms in total. The van der Waals surface area contributed by atoms with E-state index in [0.717, 1.165) is 48.6 Å². The fourth-order valence-electron chi connectivity index (χ4n) is 5.46. The largest absolute Gasteiger partial charge is 0.236 e. The number of aromatic nitrogens is 4. The quantitative estimate of drug-likeness (QED) is 0.207. The molecule has 0 amide bonds. The molecule has 2 heterocycles. The third kappa shape index (κ3) is 4.76. The van der Waals surface area contributed by atoms with Crippen molar-refractivity contribution in [3.8, 4) is 55.9 Å². The summed E-state index contributed by atoms with van der Waals surface area (Å²) in [6.07, 6.45) is 0. The van der Waals surface area contributed by atoms with Gasteiger partial charge in [-0.05, 0) is 28.5 Å². The second kappa shape index (κ2) is 10.7. The van der Waals surface area contributed by atoms with Crippen LogP contribution in [0.4, 0.5) is 0 Å². The zero-order valence-corrected chi connectivity index (χ0v) is 23.9. The molecule has 5 heteroatoms. The first-order chi connectivity index (χ1) is 21.3. The fraction of sp³-hybridized carbons (Fsp3) is 0. The Balaban J connectivity index is 1.40. The summed E-state index contributed by atoms with van der Waals surface area (Å²) in [5, 5.41) is 3.38. The van der Waals surface area contributed by atoms with Gasteiger partial charge in [-0.1, -0.05) is 133 Å². The minimum absolute atomic E-state index is 0.616. The summed E-state index contributed by atoms with van der Waals surface area (Å²) < 4.78 is 1.14. The lowest BCUT2D eigenvalue weighted by Crippen LogP contribution is -2.00. The molecule has 0 spiro atoms. The smallest absolute Gasteiger partial charge is 0.164 e. The van der Waals surface area contributed by atoms with Gasteiger partial charge in [-0.15, -0.1) is 11.3 Å². The minimum Gasteiger partial charge on any atom is -0.236 e. The highest BCUT2D eigenvalue weighted by Gasteiger charge is 2.18. The summed E-state index contributed by atoms with van der Waals surface area (Å²) in [7, 11) is 0. The Morgan fingerprint density at radius 2 is 0.930 bits per heavy atom. The van der Waals surface area contributed by atoms with Gasteiger partial charge in [0.2, 0.25) is 0 Å². The van der Waals surface area contributed by atoms with Gasteiger partial charge in [-0.25, -0.2) is 19.9 Å². The van der Waals surface area contributed by atoms with Crippen molar-refractivity contribution in [1.29, 1.82) is 0 Å². The lowest BCUT2D eigenvalue weighted by atomic mass is 9.96. The van der Waals surface area contributed by atoms with Crippen LogP contribution in [0.1, 0.15) is 0 Å². The van der Waals surface area contributed by atoms with Crippen molar-refractivity contribution in [3.63, 3.8) is 0 Å². The summed E-state index contributed by atoms with van der Waals surface area (Å²) in [6.45, 7) is 0. The van der Waals surface area contributed by atoms with Crippen LogP contribution in [-0.4, -0.2) is 19.9 Å². The van der Waals surface area contributed by atoms with E-state index in [-0.39, 0.29) is 0 Å². The summed E-state index contributed by atoms with van der Waals surface area (Å²) >= 11 is 1.72. The van der Waals surface area contributed by atoms with Crippen molar-refractivity contribution < 1.29 is 0 Å². The number of rotatable bonds is 5. The summed E-state index contributed by atoms with van der Waals surface area (Å²) in [5.74, 6) is 1.89. The van der Waals surface area contributed by atoms with Crippen molar-refractivity contribution in [1.82, 2.24) is 19.9 Å². The van der Waals surface area contributed by atoms with Gasteiger partial charge in [0.05, 0.1) is 10.2 Å². The molecule has 0 radical (unpaired) electrons. The summed E-state index contributed by atoms with van der Waals surface area (Å²) in [4.78, 5) is 20.1. The van der Waals surface area contributed by atoms with E-state index in [4.69, 9.17) is 19.9 Å². The van der Waals surface area contributed by atoms with E-state index in [1.54, 1.807) is 11.3 Å². The molecule has 0 fully saturated rings. The summed E-state index contributed by atoms with van der Waals surface area (Å²) in [5.41, 5.74) is 7.09. The predicted octanol–water partition coefficient (Wildman–Crippen LogP) is 9.97. The van der Waals surface area contributed by atoms with E-state index < -0.39 is 0 Å². The second-order valence-corrected chi connectivity index (χ2v) is 11.3. The van der Waals surface area contributed by atoms with E-state index >= 15 is 0 Å². The molecule has 0 saturated carbocycles. The first-order valence-electron chi connectivity index (χ1n) is 14.2. The molecule has 0 aliphatic carbocycles. The lowest BCUT2D eigenvalue weighted by molar-refractivity contribution is 1.07. The Kier molecular flexibility index (Phi) is 6.28. The molecular formula is C38H24N4S. The van der Waals surface area contributed by atoms with Gasteiger partial charge >= 0.3 is 0 Å². The number of hydrogen-bond donors (Lipinski definition) is 0.